The van der Waals surface area contributed by atoms with Gasteiger partial charge in [-0.25, -0.2) is 0 Å². The monoisotopic (exact) mass is 346 g/mol. The Kier molecular flexibility index (Phi) is 5.99. The summed E-state index contributed by atoms with van der Waals surface area (Å²) in [6.07, 6.45) is 1.56. The van der Waals surface area contributed by atoms with E-state index >= 15 is 0 Å². The number of rotatable bonds is 7. The van der Waals surface area contributed by atoms with E-state index in [-0.39, 0.29) is 12.5 Å². The number of amides is 1. The van der Waals surface area contributed by atoms with Gasteiger partial charge in [-0.3, -0.25) is 4.79 Å². The fourth-order valence-corrected chi connectivity index (χ4v) is 2.16. The number of benzene rings is 3. The van der Waals surface area contributed by atoms with Crippen molar-refractivity contribution in [2.45, 2.75) is 0 Å². The van der Waals surface area contributed by atoms with Gasteiger partial charge >= 0.3 is 0 Å². The van der Waals surface area contributed by atoms with Crippen molar-refractivity contribution in [1.29, 1.82) is 0 Å². The molecule has 1 N–H and O–H groups in total. The van der Waals surface area contributed by atoms with Crippen molar-refractivity contribution in [3.05, 3.63) is 90.5 Å². The first kappa shape index (κ1) is 17.2. The predicted octanol–water partition coefficient (Wildman–Crippen LogP) is 4.47. The predicted molar refractivity (Wildman–Crippen MR) is 102 cm³/mol. The van der Waals surface area contributed by atoms with E-state index in [0.29, 0.717) is 11.4 Å². The highest BCUT2D eigenvalue weighted by atomic mass is 16.6. The van der Waals surface area contributed by atoms with Crippen LogP contribution in [0.3, 0.4) is 0 Å². The first-order chi connectivity index (χ1) is 12.8. The van der Waals surface area contributed by atoms with Gasteiger partial charge in [-0.05, 0) is 42.0 Å². The molecule has 3 aromatic rings. The quantitative estimate of drug-likeness (QED) is 0.507. The van der Waals surface area contributed by atoms with Gasteiger partial charge in [0.25, 0.3) is 5.91 Å². The van der Waals surface area contributed by atoms with Gasteiger partial charge in [0.2, 0.25) is 0 Å². The number of oxime groups is 1. The molecule has 0 saturated heterocycles. The number of carbonyl (C=O) groups excluding carboxylic acids is 1. The topological polar surface area (TPSA) is 59.9 Å². The molecule has 0 bridgehead atoms. The maximum atomic E-state index is 11.9. The minimum absolute atomic E-state index is 0.161. The fourth-order valence-electron chi connectivity index (χ4n) is 2.16. The molecule has 0 aliphatic rings. The van der Waals surface area contributed by atoms with Crippen LogP contribution in [0, 0.1) is 0 Å². The second kappa shape index (κ2) is 9.03. The summed E-state index contributed by atoms with van der Waals surface area (Å²) in [5.74, 6) is 1.17. The third-order valence-corrected chi connectivity index (χ3v) is 3.39. The Bertz CT molecular complexity index is 847. The number of hydrogen-bond donors (Lipinski definition) is 1. The number of anilines is 1. The highest BCUT2D eigenvalue weighted by Gasteiger charge is 2.03. The largest absolute Gasteiger partial charge is 0.457 e. The molecule has 0 radical (unpaired) electrons. The fraction of sp³-hybridized carbons (Fsp3) is 0.0476. The number of hydrogen-bond acceptors (Lipinski definition) is 4. The van der Waals surface area contributed by atoms with Gasteiger partial charge in [0, 0.05) is 5.69 Å². The molecule has 0 spiro atoms. The number of nitrogens with zero attached hydrogens (tertiary/aromatic N) is 1. The Morgan fingerprint density at radius 3 is 2.15 bits per heavy atom. The Morgan fingerprint density at radius 2 is 1.46 bits per heavy atom. The van der Waals surface area contributed by atoms with Crippen molar-refractivity contribution in [2.24, 2.45) is 5.16 Å². The molecule has 0 aliphatic heterocycles. The van der Waals surface area contributed by atoms with E-state index in [1.807, 2.05) is 60.7 Å². The summed E-state index contributed by atoms with van der Waals surface area (Å²) in [5.41, 5.74) is 1.56. The lowest BCUT2D eigenvalue weighted by Crippen LogP contribution is -2.16. The molecule has 5 nitrogen and oxygen atoms in total. The lowest BCUT2D eigenvalue weighted by molar-refractivity contribution is -0.120. The van der Waals surface area contributed by atoms with E-state index in [2.05, 4.69) is 10.5 Å². The zero-order valence-corrected chi connectivity index (χ0v) is 14.0. The van der Waals surface area contributed by atoms with E-state index < -0.39 is 0 Å². The molecule has 0 saturated carbocycles. The SMILES string of the molecule is O=C(CO/N=C\c1ccccc1)Nc1ccc(Oc2ccccc2)cc1. The van der Waals surface area contributed by atoms with Crippen LogP contribution in [-0.2, 0) is 9.63 Å². The summed E-state index contributed by atoms with van der Waals surface area (Å²) < 4.78 is 5.70. The van der Waals surface area contributed by atoms with Crippen molar-refractivity contribution in [1.82, 2.24) is 0 Å². The molecule has 130 valence electrons. The molecule has 0 aromatic heterocycles. The first-order valence-corrected chi connectivity index (χ1v) is 8.13. The van der Waals surface area contributed by atoms with Crippen LogP contribution in [-0.4, -0.2) is 18.7 Å². The summed E-state index contributed by atoms with van der Waals surface area (Å²) in [5, 5.41) is 6.52. The van der Waals surface area contributed by atoms with Crippen LogP contribution in [0.4, 0.5) is 5.69 Å². The molecule has 0 heterocycles. The lowest BCUT2D eigenvalue weighted by atomic mass is 10.2. The zero-order valence-electron chi connectivity index (χ0n) is 14.0. The molecule has 3 rings (SSSR count). The molecule has 0 fully saturated rings. The average molecular weight is 346 g/mol. The first-order valence-electron chi connectivity index (χ1n) is 8.13. The number of carbonyl (C=O) groups is 1. The van der Waals surface area contributed by atoms with Gasteiger partial charge in [-0.15, -0.1) is 0 Å². The molecule has 5 heteroatoms. The molecule has 1 amide bonds. The Balaban J connectivity index is 1.45. The molecular weight excluding hydrogens is 328 g/mol. The minimum atomic E-state index is -0.285. The second-order valence-electron chi connectivity index (χ2n) is 5.41. The molecule has 26 heavy (non-hydrogen) atoms. The summed E-state index contributed by atoms with van der Waals surface area (Å²) in [6.45, 7) is -0.161. The van der Waals surface area contributed by atoms with Crippen LogP contribution in [0.1, 0.15) is 5.56 Å². The van der Waals surface area contributed by atoms with Crippen LogP contribution in [0.25, 0.3) is 0 Å². The van der Waals surface area contributed by atoms with Crippen LogP contribution in [0.2, 0.25) is 0 Å². The summed E-state index contributed by atoms with van der Waals surface area (Å²) >= 11 is 0. The highest BCUT2D eigenvalue weighted by Crippen LogP contribution is 2.22. The Morgan fingerprint density at radius 1 is 0.846 bits per heavy atom. The van der Waals surface area contributed by atoms with E-state index in [0.717, 1.165) is 11.3 Å². The normalized spacial score (nSPS) is 10.5. The lowest BCUT2D eigenvalue weighted by Gasteiger charge is -2.07. The van der Waals surface area contributed by atoms with Crippen LogP contribution in [0.5, 0.6) is 11.5 Å². The summed E-state index contributed by atoms with van der Waals surface area (Å²) in [6, 6.07) is 26.1. The Hall–Kier alpha value is -3.60. The molecule has 0 atom stereocenters. The molecule has 3 aromatic carbocycles. The van der Waals surface area contributed by atoms with E-state index in [4.69, 9.17) is 9.57 Å². The van der Waals surface area contributed by atoms with Crippen molar-refractivity contribution in [3.8, 4) is 11.5 Å². The summed E-state index contributed by atoms with van der Waals surface area (Å²) in [4.78, 5) is 16.9. The molecule has 0 aliphatic carbocycles. The molecular formula is C21H18N2O3. The van der Waals surface area contributed by atoms with Gasteiger partial charge in [-0.2, -0.15) is 0 Å². The van der Waals surface area contributed by atoms with Gasteiger partial charge < -0.3 is 14.9 Å². The van der Waals surface area contributed by atoms with Crippen molar-refractivity contribution < 1.29 is 14.4 Å². The third kappa shape index (κ3) is 5.49. The number of para-hydroxylation sites is 1. The van der Waals surface area contributed by atoms with Crippen LogP contribution < -0.4 is 10.1 Å². The standard InChI is InChI=1S/C21H18N2O3/c24-21(16-25-22-15-17-7-3-1-4-8-17)23-18-11-13-20(14-12-18)26-19-9-5-2-6-10-19/h1-15H,16H2,(H,23,24)/b22-15-. The van der Waals surface area contributed by atoms with Crippen LogP contribution in [0.15, 0.2) is 90.1 Å². The van der Waals surface area contributed by atoms with Crippen molar-refractivity contribution in [2.75, 3.05) is 11.9 Å². The third-order valence-electron chi connectivity index (χ3n) is 3.39. The average Bonchev–Trinajstić information content (AvgIpc) is 2.68. The Labute approximate surface area is 151 Å². The second-order valence-corrected chi connectivity index (χ2v) is 5.41. The highest BCUT2D eigenvalue weighted by molar-refractivity contribution is 5.91. The van der Waals surface area contributed by atoms with E-state index in [1.165, 1.54) is 0 Å². The van der Waals surface area contributed by atoms with E-state index in [9.17, 15) is 4.79 Å². The minimum Gasteiger partial charge on any atom is -0.457 e. The van der Waals surface area contributed by atoms with E-state index in [1.54, 1.807) is 30.5 Å². The molecule has 0 unspecified atom stereocenters. The van der Waals surface area contributed by atoms with Gasteiger partial charge in [0.1, 0.15) is 11.5 Å². The number of ether oxygens (including phenoxy) is 1. The maximum Gasteiger partial charge on any atom is 0.265 e. The summed E-state index contributed by atoms with van der Waals surface area (Å²) in [7, 11) is 0. The zero-order chi connectivity index (χ0) is 18.0. The smallest absolute Gasteiger partial charge is 0.265 e. The van der Waals surface area contributed by atoms with Crippen molar-refractivity contribution in [3.63, 3.8) is 0 Å². The number of nitrogens with one attached hydrogen (secondary N) is 1. The maximum absolute atomic E-state index is 11.9. The van der Waals surface area contributed by atoms with Crippen molar-refractivity contribution >= 4 is 17.8 Å². The van der Waals surface area contributed by atoms with Gasteiger partial charge in [0.15, 0.2) is 6.61 Å². The van der Waals surface area contributed by atoms with Gasteiger partial charge in [0.05, 0.1) is 6.21 Å². The van der Waals surface area contributed by atoms with Crippen LogP contribution >= 0.6 is 0 Å². The van der Waals surface area contributed by atoms with Gasteiger partial charge in [-0.1, -0.05) is 53.7 Å².